The van der Waals surface area contributed by atoms with Crippen molar-refractivity contribution < 1.29 is 4.39 Å². The summed E-state index contributed by atoms with van der Waals surface area (Å²) in [6, 6.07) is 0. The van der Waals surface area contributed by atoms with Crippen LogP contribution in [0, 0.1) is 0 Å². The Morgan fingerprint density at radius 3 is 2.83 bits per heavy atom. The van der Waals surface area contributed by atoms with E-state index < -0.39 is 5.67 Å². The third-order valence-electron chi connectivity index (χ3n) is 2.65. The van der Waals surface area contributed by atoms with Crippen LogP contribution in [0.2, 0.25) is 0 Å². The Bertz CT molecular complexity index is 119. The van der Waals surface area contributed by atoms with E-state index in [1.54, 1.807) is 0 Å². The predicted molar refractivity (Wildman–Crippen MR) is 50.1 cm³/mol. The molecule has 2 heteroatoms. The predicted octanol–water partition coefficient (Wildman–Crippen LogP) is 2.66. The SMILES string of the molecule is CCCCCC1(F)CCCNC1. The highest BCUT2D eigenvalue weighted by Crippen LogP contribution is 2.26. The van der Waals surface area contributed by atoms with Gasteiger partial charge in [-0.3, -0.25) is 0 Å². The molecule has 1 heterocycles. The van der Waals surface area contributed by atoms with E-state index in [2.05, 4.69) is 12.2 Å². The third-order valence-corrected chi connectivity index (χ3v) is 2.65. The summed E-state index contributed by atoms with van der Waals surface area (Å²) >= 11 is 0. The van der Waals surface area contributed by atoms with Crippen LogP contribution in [0.5, 0.6) is 0 Å². The van der Waals surface area contributed by atoms with Gasteiger partial charge >= 0.3 is 0 Å². The molecule has 12 heavy (non-hydrogen) atoms. The Kier molecular flexibility index (Phi) is 3.99. The van der Waals surface area contributed by atoms with Crippen LogP contribution in [-0.2, 0) is 0 Å². The minimum Gasteiger partial charge on any atom is -0.314 e. The van der Waals surface area contributed by atoms with E-state index in [1.165, 1.54) is 12.8 Å². The van der Waals surface area contributed by atoms with Gasteiger partial charge in [0.05, 0.1) is 0 Å². The minimum atomic E-state index is -0.882. The molecule has 0 aromatic heterocycles. The Labute approximate surface area is 74.7 Å². The second-order valence-electron chi connectivity index (χ2n) is 3.89. The van der Waals surface area contributed by atoms with Gasteiger partial charge in [-0.15, -0.1) is 0 Å². The molecule has 0 aliphatic carbocycles. The Morgan fingerprint density at radius 1 is 1.42 bits per heavy atom. The van der Waals surface area contributed by atoms with Crippen molar-refractivity contribution in [3.8, 4) is 0 Å². The summed E-state index contributed by atoms with van der Waals surface area (Å²) in [5.74, 6) is 0. The molecule has 0 bridgehead atoms. The van der Waals surface area contributed by atoms with Crippen molar-refractivity contribution in [3.63, 3.8) is 0 Å². The Hall–Kier alpha value is -0.110. The highest BCUT2D eigenvalue weighted by atomic mass is 19.1. The van der Waals surface area contributed by atoms with Gasteiger partial charge in [0.2, 0.25) is 0 Å². The van der Waals surface area contributed by atoms with E-state index >= 15 is 0 Å². The molecule has 1 N–H and O–H groups in total. The van der Waals surface area contributed by atoms with Gasteiger partial charge in [-0.25, -0.2) is 4.39 Å². The van der Waals surface area contributed by atoms with E-state index in [0.717, 1.165) is 32.2 Å². The van der Waals surface area contributed by atoms with Crippen molar-refractivity contribution in [1.82, 2.24) is 5.32 Å². The van der Waals surface area contributed by atoms with Crippen LogP contribution in [0.4, 0.5) is 4.39 Å². The van der Waals surface area contributed by atoms with Crippen LogP contribution in [0.25, 0.3) is 0 Å². The number of hydrogen-bond acceptors (Lipinski definition) is 1. The monoisotopic (exact) mass is 173 g/mol. The largest absolute Gasteiger partial charge is 0.314 e. The lowest BCUT2D eigenvalue weighted by molar-refractivity contribution is 0.108. The van der Waals surface area contributed by atoms with E-state index in [1.807, 2.05) is 0 Å². The fourth-order valence-electron chi connectivity index (χ4n) is 1.84. The van der Waals surface area contributed by atoms with Gasteiger partial charge in [-0.05, 0) is 25.8 Å². The van der Waals surface area contributed by atoms with Gasteiger partial charge in [-0.1, -0.05) is 26.2 Å². The molecule has 0 aromatic rings. The number of alkyl halides is 1. The molecule has 1 fully saturated rings. The zero-order valence-corrected chi connectivity index (χ0v) is 8.03. The Balaban J connectivity index is 2.17. The second-order valence-corrected chi connectivity index (χ2v) is 3.89. The fraction of sp³-hybridized carbons (Fsp3) is 1.00. The van der Waals surface area contributed by atoms with Crippen LogP contribution in [0.3, 0.4) is 0 Å². The maximum absolute atomic E-state index is 13.8. The fourth-order valence-corrected chi connectivity index (χ4v) is 1.84. The third kappa shape index (κ3) is 3.10. The standard InChI is InChI=1S/C10H20FN/c1-2-3-4-6-10(11)7-5-8-12-9-10/h12H,2-9H2,1H3. The summed E-state index contributed by atoms with van der Waals surface area (Å²) < 4.78 is 13.8. The number of halogens is 1. The van der Waals surface area contributed by atoms with E-state index in [-0.39, 0.29) is 0 Å². The number of hydrogen-bond donors (Lipinski definition) is 1. The van der Waals surface area contributed by atoms with Gasteiger partial charge in [0.15, 0.2) is 0 Å². The smallest absolute Gasteiger partial charge is 0.123 e. The molecule has 0 saturated carbocycles. The molecule has 72 valence electrons. The van der Waals surface area contributed by atoms with Gasteiger partial charge in [0, 0.05) is 6.54 Å². The first-order chi connectivity index (χ1) is 5.77. The maximum Gasteiger partial charge on any atom is 0.123 e. The zero-order chi connectivity index (χ0) is 8.86. The maximum atomic E-state index is 13.8. The molecule has 0 aromatic carbocycles. The molecule has 1 atom stereocenters. The molecule has 0 radical (unpaired) electrons. The van der Waals surface area contributed by atoms with Gasteiger partial charge in [-0.2, -0.15) is 0 Å². The van der Waals surface area contributed by atoms with Gasteiger partial charge < -0.3 is 5.32 Å². The average molecular weight is 173 g/mol. The molecule has 1 nitrogen and oxygen atoms in total. The molecule has 1 unspecified atom stereocenters. The van der Waals surface area contributed by atoms with Crippen LogP contribution in [0.1, 0.15) is 45.4 Å². The quantitative estimate of drug-likeness (QED) is 0.644. The molecule has 0 amide bonds. The first-order valence-electron chi connectivity index (χ1n) is 5.16. The minimum absolute atomic E-state index is 0.580. The summed E-state index contributed by atoms with van der Waals surface area (Å²) in [5, 5.41) is 3.13. The van der Waals surface area contributed by atoms with Crippen LogP contribution < -0.4 is 5.32 Å². The molecule has 1 aliphatic heterocycles. The molecular weight excluding hydrogens is 153 g/mol. The lowest BCUT2D eigenvalue weighted by atomic mass is 9.90. The van der Waals surface area contributed by atoms with Crippen molar-refractivity contribution in [1.29, 1.82) is 0 Å². The highest BCUT2D eigenvalue weighted by Gasteiger charge is 2.30. The lowest BCUT2D eigenvalue weighted by Gasteiger charge is -2.30. The number of unbranched alkanes of at least 4 members (excludes halogenated alkanes) is 2. The summed E-state index contributed by atoms with van der Waals surface area (Å²) in [5.41, 5.74) is -0.882. The summed E-state index contributed by atoms with van der Waals surface area (Å²) in [4.78, 5) is 0. The van der Waals surface area contributed by atoms with E-state index in [0.29, 0.717) is 6.54 Å². The van der Waals surface area contributed by atoms with Crippen molar-refractivity contribution >= 4 is 0 Å². The first kappa shape index (κ1) is 9.97. The topological polar surface area (TPSA) is 12.0 Å². The van der Waals surface area contributed by atoms with Crippen molar-refractivity contribution in [3.05, 3.63) is 0 Å². The second kappa shape index (κ2) is 4.80. The highest BCUT2D eigenvalue weighted by molar-refractivity contribution is 4.85. The zero-order valence-electron chi connectivity index (χ0n) is 8.03. The van der Waals surface area contributed by atoms with Crippen LogP contribution in [0.15, 0.2) is 0 Å². The number of nitrogens with one attached hydrogen (secondary N) is 1. The van der Waals surface area contributed by atoms with Crippen molar-refractivity contribution in [2.24, 2.45) is 0 Å². The average Bonchev–Trinajstić information content (AvgIpc) is 2.06. The van der Waals surface area contributed by atoms with Gasteiger partial charge in [0.1, 0.15) is 5.67 Å². The van der Waals surface area contributed by atoms with E-state index in [9.17, 15) is 4.39 Å². The van der Waals surface area contributed by atoms with E-state index in [4.69, 9.17) is 0 Å². The van der Waals surface area contributed by atoms with Crippen LogP contribution in [-0.4, -0.2) is 18.8 Å². The van der Waals surface area contributed by atoms with Crippen molar-refractivity contribution in [2.45, 2.75) is 51.1 Å². The summed E-state index contributed by atoms with van der Waals surface area (Å²) in [6.07, 6.45) is 5.93. The van der Waals surface area contributed by atoms with Crippen molar-refractivity contribution in [2.75, 3.05) is 13.1 Å². The summed E-state index contributed by atoms with van der Waals surface area (Å²) in [7, 11) is 0. The van der Waals surface area contributed by atoms with Crippen LogP contribution >= 0.6 is 0 Å². The summed E-state index contributed by atoms with van der Waals surface area (Å²) in [6.45, 7) is 3.74. The molecule has 1 rings (SSSR count). The first-order valence-corrected chi connectivity index (χ1v) is 5.16. The molecular formula is C10H20FN. The van der Waals surface area contributed by atoms with Gasteiger partial charge in [0.25, 0.3) is 0 Å². The Morgan fingerprint density at radius 2 is 2.25 bits per heavy atom. The molecule has 0 spiro atoms. The lowest BCUT2D eigenvalue weighted by Crippen LogP contribution is -2.42. The number of piperidine rings is 1. The number of rotatable bonds is 4. The molecule has 1 saturated heterocycles. The normalized spacial score (nSPS) is 30.5. The molecule has 1 aliphatic rings.